The summed E-state index contributed by atoms with van der Waals surface area (Å²) in [6.07, 6.45) is 1.71. The Morgan fingerprint density at radius 2 is 1.63 bits per heavy atom. The quantitative estimate of drug-likeness (QED) is 0.189. The second-order valence-electron chi connectivity index (χ2n) is 9.82. The first kappa shape index (κ1) is 25.3. The number of aromatic nitrogens is 5. The second-order valence-corrected chi connectivity index (χ2v) is 9.82. The van der Waals surface area contributed by atoms with Gasteiger partial charge in [-0.25, -0.2) is 28.7 Å². The van der Waals surface area contributed by atoms with E-state index >= 15 is 0 Å². The molecular formula is C29H29F2N7. The number of rotatable bonds is 7. The molecule has 2 aromatic carbocycles. The van der Waals surface area contributed by atoms with Crippen LogP contribution in [0.15, 0.2) is 65.7 Å². The summed E-state index contributed by atoms with van der Waals surface area (Å²) < 4.78 is 33.4. The first-order chi connectivity index (χ1) is 18.2. The lowest BCUT2D eigenvalue weighted by Gasteiger charge is -2.11. The number of pyridine rings is 1. The monoisotopic (exact) mass is 513 g/mol. The SMILES string of the molecule is CC(C)Cn1c(/N=C\N(C)C)nc2ccc(-c3c(-c4ccccc4)nc(-c4c(F)cccc4F)n3C)nc21. The molecule has 0 fully saturated rings. The van der Waals surface area contributed by atoms with Gasteiger partial charge < -0.3 is 9.47 Å². The van der Waals surface area contributed by atoms with Gasteiger partial charge in [-0.15, -0.1) is 0 Å². The maximum atomic E-state index is 14.8. The standard InChI is InChI=1S/C29H29F2N7/c1-18(2)16-38-27-23(34-29(38)32-17-36(3)4)15-14-22(33-27)26-25(19-10-7-6-8-11-19)35-28(37(26)5)24-20(30)12-9-13-21(24)31/h6-15,17-18H,16H2,1-5H3/b32-17-. The number of nitrogens with zero attached hydrogens (tertiary/aromatic N) is 7. The highest BCUT2D eigenvalue weighted by molar-refractivity contribution is 5.84. The van der Waals surface area contributed by atoms with Crippen LogP contribution >= 0.6 is 0 Å². The molecule has 0 saturated carbocycles. The zero-order valence-corrected chi connectivity index (χ0v) is 22.0. The van der Waals surface area contributed by atoms with Crippen LogP contribution in [0.3, 0.4) is 0 Å². The van der Waals surface area contributed by atoms with E-state index in [4.69, 9.17) is 15.0 Å². The topological polar surface area (TPSA) is 64.1 Å². The molecule has 0 atom stereocenters. The molecule has 0 aliphatic heterocycles. The van der Waals surface area contributed by atoms with E-state index in [2.05, 4.69) is 18.8 Å². The Bertz CT molecular complexity index is 1610. The molecule has 0 aliphatic rings. The van der Waals surface area contributed by atoms with Gasteiger partial charge in [-0.3, -0.25) is 4.57 Å². The molecule has 0 radical (unpaired) electrons. The predicted molar refractivity (Wildman–Crippen MR) is 147 cm³/mol. The molecule has 5 aromatic rings. The smallest absolute Gasteiger partial charge is 0.233 e. The molecule has 0 unspecified atom stereocenters. The molecule has 7 nitrogen and oxygen atoms in total. The van der Waals surface area contributed by atoms with Crippen LogP contribution in [-0.2, 0) is 13.6 Å². The lowest BCUT2D eigenvalue weighted by molar-refractivity contribution is 0.532. The molecule has 0 N–H and O–H groups in total. The molecule has 9 heteroatoms. The van der Waals surface area contributed by atoms with E-state index in [1.54, 1.807) is 18.0 Å². The minimum absolute atomic E-state index is 0.176. The van der Waals surface area contributed by atoms with Gasteiger partial charge in [0.2, 0.25) is 5.95 Å². The van der Waals surface area contributed by atoms with E-state index in [1.807, 2.05) is 66.0 Å². The molecule has 0 bridgehead atoms. The Labute approximate surface area is 220 Å². The van der Waals surface area contributed by atoms with Crippen molar-refractivity contribution in [2.45, 2.75) is 20.4 Å². The molecular weight excluding hydrogens is 484 g/mol. The highest BCUT2D eigenvalue weighted by atomic mass is 19.1. The van der Waals surface area contributed by atoms with Crippen LogP contribution in [0.4, 0.5) is 14.7 Å². The average molecular weight is 514 g/mol. The van der Waals surface area contributed by atoms with Crippen molar-refractivity contribution in [2.75, 3.05) is 14.1 Å². The highest BCUT2D eigenvalue weighted by Crippen LogP contribution is 2.37. The molecule has 0 saturated heterocycles. The maximum Gasteiger partial charge on any atom is 0.233 e. The lowest BCUT2D eigenvalue weighted by atomic mass is 10.1. The average Bonchev–Trinajstić information content (AvgIpc) is 3.40. The second kappa shape index (κ2) is 10.2. The lowest BCUT2D eigenvalue weighted by Crippen LogP contribution is -2.09. The summed E-state index contributed by atoms with van der Waals surface area (Å²) in [5.41, 5.74) is 3.87. The van der Waals surface area contributed by atoms with Crippen LogP contribution in [0.1, 0.15) is 13.8 Å². The Hall–Kier alpha value is -4.40. The van der Waals surface area contributed by atoms with Crippen molar-refractivity contribution in [1.82, 2.24) is 29.0 Å². The van der Waals surface area contributed by atoms with Gasteiger partial charge in [-0.2, -0.15) is 0 Å². The van der Waals surface area contributed by atoms with Gasteiger partial charge >= 0.3 is 0 Å². The van der Waals surface area contributed by atoms with Crippen molar-refractivity contribution in [2.24, 2.45) is 18.0 Å². The number of fused-ring (bicyclic) bond motifs is 1. The van der Waals surface area contributed by atoms with Gasteiger partial charge in [0, 0.05) is 33.3 Å². The number of halogens is 2. The van der Waals surface area contributed by atoms with E-state index in [0.29, 0.717) is 46.7 Å². The van der Waals surface area contributed by atoms with Gasteiger partial charge in [-0.05, 0) is 30.2 Å². The maximum absolute atomic E-state index is 14.8. The number of benzene rings is 2. The van der Waals surface area contributed by atoms with Gasteiger partial charge in [0.15, 0.2) is 5.65 Å². The molecule has 5 rings (SSSR count). The number of hydrogen-bond donors (Lipinski definition) is 0. The third-order valence-electron chi connectivity index (χ3n) is 6.10. The van der Waals surface area contributed by atoms with E-state index in [-0.39, 0.29) is 11.4 Å². The van der Waals surface area contributed by atoms with Gasteiger partial charge in [0.1, 0.15) is 23.0 Å². The van der Waals surface area contributed by atoms with E-state index < -0.39 is 11.6 Å². The predicted octanol–water partition coefficient (Wildman–Crippen LogP) is 6.32. The largest absolute Gasteiger partial charge is 0.369 e. The highest BCUT2D eigenvalue weighted by Gasteiger charge is 2.25. The molecule has 0 spiro atoms. The zero-order valence-electron chi connectivity index (χ0n) is 22.0. The van der Waals surface area contributed by atoms with Crippen LogP contribution in [0.5, 0.6) is 0 Å². The van der Waals surface area contributed by atoms with Crippen LogP contribution in [0.25, 0.3) is 45.2 Å². The third kappa shape index (κ3) is 4.67. The third-order valence-corrected chi connectivity index (χ3v) is 6.10. The van der Waals surface area contributed by atoms with Crippen molar-refractivity contribution in [3.05, 3.63) is 72.3 Å². The van der Waals surface area contributed by atoms with Crippen molar-refractivity contribution in [3.63, 3.8) is 0 Å². The van der Waals surface area contributed by atoms with E-state index in [9.17, 15) is 8.78 Å². The minimum atomic E-state index is -0.675. The molecule has 0 amide bonds. The van der Waals surface area contributed by atoms with Gasteiger partial charge in [-0.1, -0.05) is 50.2 Å². The fourth-order valence-electron chi connectivity index (χ4n) is 4.44. The van der Waals surface area contributed by atoms with Crippen LogP contribution in [-0.4, -0.2) is 49.4 Å². The van der Waals surface area contributed by atoms with E-state index in [1.165, 1.54) is 18.2 Å². The van der Waals surface area contributed by atoms with Crippen LogP contribution in [0.2, 0.25) is 0 Å². The first-order valence-electron chi connectivity index (χ1n) is 12.4. The summed E-state index contributed by atoms with van der Waals surface area (Å²) in [4.78, 5) is 20.9. The molecule has 38 heavy (non-hydrogen) atoms. The fraction of sp³-hybridized carbons (Fsp3) is 0.241. The minimum Gasteiger partial charge on any atom is -0.369 e. The molecule has 3 heterocycles. The summed E-state index contributed by atoms with van der Waals surface area (Å²) in [7, 11) is 5.55. The first-order valence-corrected chi connectivity index (χ1v) is 12.4. The Morgan fingerprint density at radius 1 is 0.921 bits per heavy atom. The molecule has 0 aliphatic carbocycles. The van der Waals surface area contributed by atoms with Crippen molar-refractivity contribution in [3.8, 4) is 34.0 Å². The number of aliphatic imine (C=N–C) groups is 1. The zero-order chi connectivity index (χ0) is 27.0. The summed E-state index contributed by atoms with van der Waals surface area (Å²) >= 11 is 0. The summed E-state index contributed by atoms with van der Waals surface area (Å²) in [6.45, 7) is 4.92. The Kier molecular flexibility index (Phi) is 6.75. The van der Waals surface area contributed by atoms with Crippen molar-refractivity contribution < 1.29 is 8.78 Å². The summed E-state index contributed by atoms with van der Waals surface area (Å²) in [6, 6.07) is 17.1. The molecule has 194 valence electrons. The fourth-order valence-corrected chi connectivity index (χ4v) is 4.44. The van der Waals surface area contributed by atoms with Gasteiger partial charge in [0.25, 0.3) is 0 Å². The number of hydrogen-bond acceptors (Lipinski definition) is 4. The number of imidazole rings is 2. The summed E-state index contributed by atoms with van der Waals surface area (Å²) in [5.74, 6) is -0.270. The molecule has 3 aromatic heterocycles. The van der Waals surface area contributed by atoms with Crippen molar-refractivity contribution >= 4 is 23.5 Å². The van der Waals surface area contributed by atoms with Gasteiger partial charge in [0.05, 0.1) is 29.0 Å². The Balaban J connectivity index is 1.76. The Morgan fingerprint density at radius 3 is 2.29 bits per heavy atom. The van der Waals surface area contributed by atoms with E-state index in [0.717, 1.165) is 5.56 Å². The van der Waals surface area contributed by atoms with Crippen LogP contribution in [0, 0.1) is 17.6 Å². The van der Waals surface area contributed by atoms with Crippen LogP contribution < -0.4 is 0 Å². The summed E-state index contributed by atoms with van der Waals surface area (Å²) in [5, 5.41) is 0. The van der Waals surface area contributed by atoms with Crippen molar-refractivity contribution in [1.29, 1.82) is 0 Å². The normalized spacial score (nSPS) is 11.8.